The van der Waals surface area contributed by atoms with Gasteiger partial charge in [-0.15, -0.1) is 0 Å². The Labute approximate surface area is 82.2 Å². The van der Waals surface area contributed by atoms with Crippen molar-refractivity contribution >= 4 is 23.4 Å². The van der Waals surface area contributed by atoms with Crippen LogP contribution in [-0.4, -0.2) is 22.2 Å². The first-order valence-corrected chi connectivity index (χ1v) is 4.39. The maximum Gasteiger partial charge on any atom is 0.488 e. The molecule has 2 aromatic rings. The first-order valence-electron chi connectivity index (χ1n) is 4.39. The van der Waals surface area contributed by atoms with Gasteiger partial charge in [0.25, 0.3) is 0 Å². The van der Waals surface area contributed by atoms with Crippen LogP contribution in [0.3, 0.4) is 0 Å². The summed E-state index contributed by atoms with van der Waals surface area (Å²) >= 11 is 0. The van der Waals surface area contributed by atoms with Gasteiger partial charge in [0.1, 0.15) is 0 Å². The summed E-state index contributed by atoms with van der Waals surface area (Å²) in [5.74, 6) is 0. The summed E-state index contributed by atoms with van der Waals surface area (Å²) in [6.07, 6.45) is 1.73. The van der Waals surface area contributed by atoms with Gasteiger partial charge in [0, 0.05) is 11.9 Å². The third-order valence-corrected chi connectivity index (χ3v) is 2.18. The van der Waals surface area contributed by atoms with Gasteiger partial charge in [-0.25, -0.2) is 0 Å². The highest BCUT2D eigenvalue weighted by atomic mass is 16.4. The van der Waals surface area contributed by atoms with Crippen LogP contribution in [0, 0.1) is 6.92 Å². The summed E-state index contributed by atoms with van der Waals surface area (Å²) < 4.78 is 0. The normalized spacial score (nSPS) is 10.5. The molecule has 2 N–H and O–H groups in total. The third-order valence-electron chi connectivity index (χ3n) is 2.18. The molecule has 0 saturated heterocycles. The second kappa shape index (κ2) is 3.40. The molecule has 1 aromatic carbocycles. The van der Waals surface area contributed by atoms with E-state index in [4.69, 9.17) is 10.0 Å². The zero-order chi connectivity index (χ0) is 10.1. The fourth-order valence-corrected chi connectivity index (χ4v) is 1.43. The standard InChI is InChI=1S/C10H10BNO2/c1-7-4-8-2-3-10(11(13)14)5-9(8)6-12-7/h2-6,13-14H,1H3. The van der Waals surface area contributed by atoms with Crippen molar-refractivity contribution in [3.8, 4) is 0 Å². The number of benzene rings is 1. The van der Waals surface area contributed by atoms with E-state index in [1.807, 2.05) is 19.1 Å². The minimum absolute atomic E-state index is 0.489. The number of hydrogen-bond donors (Lipinski definition) is 2. The summed E-state index contributed by atoms with van der Waals surface area (Å²) in [7, 11) is -1.42. The molecule has 0 amide bonds. The Balaban J connectivity index is 2.62. The number of nitrogens with zero attached hydrogens (tertiary/aromatic N) is 1. The van der Waals surface area contributed by atoms with Crippen LogP contribution in [0.4, 0.5) is 0 Å². The molecule has 0 spiro atoms. The quantitative estimate of drug-likeness (QED) is 0.628. The highest BCUT2D eigenvalue weighted by molar-refractivity contribution is 6.58. The van der Waals surface area contributed by atoms with Gasteiger partial charge in [0.2, 0.25) is 0 Å². The molecule has 0 fully saturated rings. The summed E-state index contributed by atoms with van der Waals surface area (Å²) in [6, 6.07) is 7.25. The van der Waals surface area contributed by atoms with Crippen LogP contribution in [0.5, 0.6) is 0 Å². The van der Waals surface area contributed by atoms with Crippen LogP contribution in [0.2, 0.25) is 0 Å². The van der Waals surface area contributed by atoms with Gasteiger partial charge in [-0.3, -0.25) is 4.98 Å². The van der Waals surface area contributed by atoms with Crippen molar-refractivity contribution in [2.45, 2.75) is 6.92 Å². The van der Waals surface area contributed by atoms with Crippen LogP contribution in [0.25, 0.3) is 10.8 Å². The highest BCUT2D eigenvalue weighted by Gasteiger charge is 2.10. The van der Waals surface area contributed by atoms with Crippen molar-refractivity contribution in [1.29, 1.82) is 0 Å². The van der Waals surface area contributed by atoms with E-state index in [1.54, 1.807) is 18.3 Å². The molecule has 0 unspecified atom stereocenters. The Morgan fingerprint density at radius 2 is 1.93 bits per heavy atom. The maximum absolute atomic E-state index is 8.97. The smallest absolute Gasteiger partial charge is 0.423 e. The molecule has 0 aliphatic rings. The molecule has 0 aliphatic carbocycles. The zero-order valence-electron chi connectivity index (χ0n) is 7.81. The fourth-order valence-electron chi connectivity index (χ4n) is 1.43. The summed E-state index contributed by atoms with van der Waals surface area (Å²) in [5, 5.41) is 19.9. The molecule has 0 saturated carbocycles. The van der Waals surface area contributed by atoms with E-state index < -0.39 is 7.12 Å². The molecule has 0 bridgehead atoms. The molecule has 14 heavy (non-hydrogen) atoms. The zero-order valence-corrected chi connectivity index (χ0v) is 7.81. The van der Waals surface area contributed by atoms with E-state index in [-0.39, 0.29) is 0 Å². The van der Waals surface area contributed by atoms with Gasteiger partial charge >= 0.3 is 7.12 Å². The third kappa shape index (κ3) is 1.62. The summed E-state index contributed by atoms with van der Waals surface area (Å²) in [5.41, 5.74) is 1.44. The van der Waals surface area contributed by atoms with Gasteiger partial charge in [-0.05, 0) is 29.2 Å². The Hall–Kier alpha value is -1.39. The van der Waals surface area contributed by atoms with Gasteiger partial charge in [0.05, 0.1) is 0 Å². The SMILES string of the molecule is Cc1cc2ccc(B(O)O)cc2cn1. The van der Waals surface area contributed by atoms with Gasteiger partial charge in [0.15, 0.2) is 0 Å². The number of rotatable bonds is 1. The van der Waals surface area contributed by atoms with Crippen LogP contribution in [0.1, 0.15) is 5.69 Å². The minimum atomic E-state index is -1.42. The number of aromatic nitrogens is 1. The molecule has 4 heteroatoms. The number of pyridine rings is 1. The predicted octanol–water partition coefficient (Wildman–Crippen LogP) is 0.223. The van der Waals surface area contributed by atoms with Gasteiger partial charge in [-0.2, -0.15) is 0 Å². The fraction of sp³-hybridized carbons (Fsp3) is 0.100. The second-order valence-corrected chi connectivity index (χ2v) is 3.31. The van der Waals surface area contributed by atoms with Crippen molar-refractivity contribution < 1.29 is 10.0 Å². The molecule has 0 aliphatic heterocycles. The van der Waals surface area contributed by atoms with Crippen molar-refractivity contribution in [2.75, 3.05) is 0 Å². The maximum atomic E-state index is 8.97. The lowest BCUT2D eigenvalue weighted by Crippen LogP contribution is -2.29. The molecule has 2 rings (SSSR count). The lowest BCUT2D eigenvalue weighted by atomic mass is 9.79. The van der Waals surface area contributed by atoms with E-state index in [1.165, 1.54) is 0 Å². The lowest BCUT2D eigenvalue weighted by molar-refractivity contribution is 0.426. The van der Waals surface area contributed by atoms with E-state index >= 15 is 0 Å². The van der Waals surface area contributed by atoms with Gasteiger partial charge in [-0.1, -0.05) is 18.2 Å². The van der Waals surface area contributed by atoms with Crippen LogP contribution in [-0.2, 0) is 0 Å². The molecular formula is C10H10BNO2. The predicted molar refractivity (Wildman–Crippen MR) is 56.3 cm³/mol. The number of fused-ring (bicyclic) bond motifs is 1. The monoisotopic (exact) mass is 187 g/mol. The summed E-state index contributed by atoms with van der Waals surface area (Å²) in [6.45, 7) is 1.92. The molecule has 3 nitrogen and oxygen atoms in total. The van der Waals surface area contributed by atoms with E-state index in [9.17, 15) is 0 Å². The first-order chi connectivity index (χ1) is 6.66. The number of aryl methyl sites for hydroxylation is 1. The molecule has 0 radical (unpaired) electrons. The van der Waals surface area contributed by atoms with Gasteiger partial charge < -0.3 is 10.0 Å². The van der Waals surface area contributed by atoms with Crippen molar-refractivity contribution in [3.05, 3.63) is 36.2 Å². The largest absolute Gasteiger partial charge is 0.488 e. The van der Waals surface area contributed by atoms with E-state index in [0.29, 0.717) is 5.46 Å². The second-order valence-electron chi connectivity index (χ2n) is 3.31. The first kappa shape index (κ1) is 9.18. The minimum Gasteiger partial charge on any atom is -0.423 e. The van der Waals surface area contributed by atoms with Crippen LogP contribution >= 0.6 is 0 Å². The lowest BCUT2D eigenvalue weighted by Gasteiger charge is -2.02. The van der Waals surface area contributed by atoms with Crippen LogP contribution in [0.15, 0.2) is 30.5 Å². The average Bonchev–Trinajstić information content (AvgIpc) is 2.16. The Morgan fingerprint density at radius 3 is 2.64 bits per heavy atom. The van der Waals surface area contributed by atoms with Crippen molar-refractivity contribution in [2.24, 2.45) is 0 Å². The Morgan fingerprint density at radius 1 is 1.14 bits per heavy atom. The average molecular weight is 187 g/mol. The highest BCUT2D eigenvalue weighted by Crippen LogP contribution is 2.11. The van der Waals surface area contributed by atoms with E-state index in [2.05, 4.69) is 4.98 Å². The Bertz CT molecular complexity index is 471. The topological polar surface area (TPSA) is 53.4 Å². The molecular weight excluding hydrogens is 177 g/mol. The van der Waals surface area contributed by atoms with E-state index in [0.717, 1.165) is 16.5 Å². The molecule has 1 heterocycles. The van der Waals surface area contributed by atoms with Crippen molar-refractivity contribution in [1.82, 2.24) is 4.98 Å². The Kier molecular flexibility index (Phi) is 2.23. The van der Waals surface area contributed by atoms with Crippen LogP contribution < -0.4 is 5.46 Å². The number of hydrogen-bond acceptors (Lipinski definition) is 3. The summed E-state index contributed by atoms with van der Waals surface area (Å²) in [4.78, 5) is 4.14. The molecule has 70 valence electrons. The molecule has 1 aromatic heterocycles. The molecule has 0 atom stereocenters. The van der Waals surface area contributed by atoms with Crippen molar-refractivity contribution in [3.63, 3.8) is 0 Å².